The van der Waals surface area contributed by atoms with Crippen molar-refractivity contribution in [3.8, 4) is 17.2 Å². The Hall–Kier alpha value is -3.14. The standard InChI is InChI=1S/C24H22Cl2N2O6S/c1-4-8-34-22-17(26)9-14(10-19(22)33-5-2)11-20-23(30)28(24(31)35-20)13-21(29)27-15-6-7-18(32-3)16(25)12-15/h4,6-7,9-12H,1,5,8,13H2,2-3H3,(H,27,29)/b20-11+. The number of thioether (sulfide) groups is 1. The zero-order valence-electron chi connectivity index (χ0n) is 18.9. The molecule has 8 nitrogen and oxygen atoms in total. The number of nitrogens with zero attached hydrogens (tertiary/aromatic N) is 1. The molecule has 0 spiro atoms. The Bertz CT molecular complexity index is 1200. The molecule has 11 heteroatoms. The second-order valence-corrected chi connectivity index (χ2v) is 8.84. The van der Waals surface area contributed by atoms with Gasteiger partial charge in [-0.05, 0) is 60.7 Å². The van der Waals surface area contributed by atoms with E-state index < -0.39 is 23.6 Å². The monoisotopic (exact) mass is 536 g/mol. The molecule has 2 aromatic rings. The molecule has 0 saturated carbocycles. The number of rotatable bonds is 10. The van der Waals surface area contributed by atoms with Crippen LogP contribution in [0.2, 0.25) is 10.0 Å². The summed E-state index contributed by atoms with van der Waals surface area (Å²) in [5.41, 5.74) is 0.937. The first-order valence-corrected chi connectivity index (χ1v) is 11.9. The molecule has 0 bridgehead atoms. The first kappa shape index (κ1) is 26.5. The molecule has 184 valence electrons. The highest BCUT2D eigenvalue weighted by molar-refractivity contribution is 8.18. The lowest BCUT2D eigenvalue weighted by Gasteiger charge is -2.14. The van der Waals surface area contributed by atoms with E-state index in [1.165, 1.54) is 19.3 Å². The summed E-state index contributed by atoms with van der Waals surface area (Å²) in [7, 11) is 1.48. The van der Waals surface area contributed by atoms with Gasteiger partial charge in [0, 0.05) is 5.69 Å². The van der Waals surface area contributed by atoms with Crippen molar-refractivity contribution < 1.29 is 28.6 Å². The Morgan fingerprint density at radius 1 is 1.14 bits per heavy atom. The number of amides is 3. The average molecular weight is 537 g/mol. The Morgan fingerprint density at radius 3 is 2.57 bits per heavy atom. The van der Waals surface area contributed by atoms with Gasteiger partial charge in [-0.25, -0.2) is 0 Å². The predicted molar refractivity (Wildman–Crippen MR) is 138 cm³/mol. The number of carbonyl (C=O) groups excluding carboxylic acids is 3. The summed E-state index contributed by atoms with van der Waals surface area (Å²) in [5.74, 6) is 0.0524. The quantitative estimate of drug-likeness (QED) is 0.310. The van der Waals surface area contributed by atoms with Crippen LogP contribution < -0.4 is 19.5 Å². The van der Waals surface area contributed by atoms with Crippen LogP contribution in [-0.2, 0) is 9.59 Å². The molecule has 1 saturated heterocycles. The van der Waals surface area contributed by atoms with Crippen molar-refractivity contribution in [1.82, 2.24) is 4.90 Å². The molecule has 35 heavy (non-hydrogen) atoms. The van der Waals surface area contributed by atoms with Gasteiger partial charge in [0.2, 0.25) is 5.91 Å². The van der Waals surface area contributed by atoms with E-state index >= 15 is 0 Å². The molecule has 1 aliphatic rings. The van der Waals surface area contributed by atoms with Gasteiger partial charge in [0.25, 0.3) is 11.1 Å². The topological polar surface area (TPSA) is 94.2 Å². The van der Waals surface area contributed by atoms with Crippen LogP contribution in [0.4, 0.5) is 10.5 Å². The zero-order valence-corrected chi connectivity index (χ0v) is 21.3. The van der Waals surface area contributed by atoms with Gasteiger partial charge in [0.05, 0.1) is 28.7 Å². The predicted octanol–water partition coefficient (Wildman–Crippen LogP) is 5.64. The summed E-state index contributed by atoms with van der Waals surface area (Å²) in [5, 5.41) is 2.64. The summed E-state index contributed by atoms with van der Waals surface area (Å²) in [6.07, 6.45) is 3.09. The van der Waals surface area contributed by atoms with Crippen molar-refractivity contribution in [2.45, 2.75) is 6.92 Å². The molecule has 0 aromatic heterocycles. The Morgan fingerprint density at radius 2 is 1.91 bits per heavy atom. The number of halogens is 2. The van der Waals surface area contributed by atoms with E-state index in [1.807, 2.05) is 6.92 Å². The maximum atomic E-state index is 12.8. The van der Waals surface area contributed by atoms with Crippen molar-refractivity contribution in [3.63, 3.8) is 0 Å². The smallest absolute Gasteiger partial charge is 0.294 e. The Kier molecular flexibility index (Phi) is 9.08. The number of imide groups is 1. The molecule has 0 unspecified atom stereocenters. The van der Waals surface area contributed by atoms with E-state index in [4.69, 9.17) is 37.4 Å². The minimum atomic E-state index is -0.594. The number of hydrogen-bond acceptors (Lipinski definition) is 7. The first-order chi connectivity index (χ1) is 16.8. The fraction of sp³-hybridized carbons (Fsp3) is 0.208. The SMILES string of the molecule is C=CCOc1c(Cl)cc(/C=C2/SC(=O)N(CC(=O)Nc3ccc(OC)c(Cl)c3)C2=O)cc1OCC. The zero-order chi connectivity index (χ0) is 25.5. The summed E-state index contributed by atoms with van der Waals surface area (Å²) in [6.45, 7) is 5.58. The largest absolute Gasteiger partial charge is 0.495 e. The van der Waals surface area contributed by atoms with Crippen molar-refractivity contribution in [2.75, 3.05) is 32.2 Å². The van der Waals surface area contributed by atoms with E-state index in [0.717, 1.165) is 16.7 Å². The Balaban J connectivity index is 1.75. The van der Waals surface area contributed by atoms with Gasteiger partial charge in [-0.15, -0.1) is 0 Å². The van der Waals surface area contributed by atoms with E-state index in [-0.39, 0.29) is 16.5 Å². The van der Waals surface area contributed by atoms with E-state index in [9.17, 15) is 14.4 Å². The number of methoxy groups -OCH3 is 1. The molecule has 1 aliphatic heterocycles. The van der Waals surface area contributed by atoms with Crippen molar-refractivity contribution >= 4 is 63.8 Å². The maximum Gasteiger partial charge on any atom is 0.294 e. The number of benzene rings is 2. The van der Waals surface area contributed by atoms with Gasteiger partial charge in [0.1, 0.15) is 18.9 Å². The van der Waals surface area contributed by atoms with Gasteiger partial charge in [-0.3, -0.25) is 19.3 Å². The van der Waals surface area contributed by atoms with Gasteiger partial charge in [-0.1, -0.05) is 35.9 Å². The van der Waals surface area contributed by atoms with Crippen LogP contribution in [-0.4, -0.2) is 48.8 Å². The second kappa shape index (κ2) is 12.0. The van der Waals surface area contributed by atoms with Gasteiger partial charge in [0.15, 0.2) is 11.5 Å². The van der Waals surface area contributed by atoms with Crippen molar-refractivity contribution in [2.24, 2.45) is 0 Å². The van der Waals surface area contributed by atoms with Gasteiger partial charge >= 0.3 is 0 Å². The van der Waals surface area contributed by atoms with Crippen LogP contribution in [0.25, 0.3) is 6.08 Å². The maximum absolute atomic E-state index is 12.8. The van der Waals surface area contributed by atoms with Crippen LogP contribution in [0.5, 0.6) is 17.2 Å². The summed E-state index contributed by atoms with van der Waals surface area (Å²) in [4.78, 5) is 38.8. The molecule has 0 aliphatic carbocycles. The summed E-state index contributed by atoms with van der Waals surface area (Å²) in [6, 6.07) is 7.95. The number of ether oxygens (including phenoxy) is 3. The number of carbonyl (C=O) groups is 3. The fourth-order valence-electron chi connectivity index (χ4n) is 3.09. The van der Waals surface area contributed by atoms with E-state index in [0.29, 0.717) is 40.1 Å². The van der Waals surface area contributed by atoms with Gasteiger partial charge < -0.3 is 19.5 Å². The molecule has 0 atom stereocenters. The van der Waals surface area contributed by atoms with Crippen molar-refractivity contribution in [1.29, 1.82) is 0 Å². The van der Waals surface area contributed by atoms with Crippen molar-refractivity contribution in [3.05, 3.63) is 63.5 Å². The second-order valence-electron chi connectivity index (χ2n) is 7.03. The van der Waals surface area contributed by atoms with Crippen LogP contribution >= 0.6 is 35.0 Å². The minimum Gasteiger partial charge on any atom is -0.495 e. The molecular formula is C24H22Cl2N2O6S. The summed E-state index contributed by atoms with van der Waals surface area (Å²) < 4.78 is 16.3. The van der Waals surface area contributed by atoms with Crippen LogP contribution in [0.15, 0.2) is 47.9 Å². The average Bonchev–Trinajstić information content (AvgIpc) is 3.06. The fourth-order valence-corrected chi connectivity index (χ4v) is 4.46. The molecule has 1 N–H and O–H groups in total. The van der Waals surface area contributed by atoms with Crippen LogP contribution in [0.1, 0.15) is 12.5 Å². The summed E-state index contributed by atoms with van der Waals surface area (Å²) >= 11 is 13.1. The van der Waals surface area contributed by atoms with E-state index in [2.05, 4.69) is 11.9 Å². The highest BCUT2D eigenvalue weighted by atomic mass is 35.5. The lowest BCUT2D eigenvalue weighted by Crippen LogP contribution is -2.36. The number of hydrogen-bond donors (Lipinski definition) is 1. The third-order valence-electron chi connectivity index (χ3n) is 4.59. The van der Waals surface area contributed by atoms with Crippen LogP contribution in [0.3, 0.4) is 0 Å². The normalized spacial score (nSPS) is 14.3. The molecule has 1 heterocycles. The highest BCUT2D eigenvalue weighted by Crippen LogP contribution is 2.39. The van der Waals surface area contributed by atoms with Crippen LogP contribution in [0, 0.1) is 0 Å². The lowest BCUT2D eigenvalue weighted by atomic mass is 10.1. The minimum absolute atomic E-state index is 0.147. The molecule has 3 rings (SSSR count). The molecule has 2 aromatic carbocycles. The molecular weight excluding hydrogens is 515 g/mol. The lowest BCUT2D eigenvalue weighted by molar-refractivity contribution is -0.127. The van der Waals surface area contributed by atoms with E-state index in [1.54, 1.807) is 30.3 Å². The first-order valence-electron chi connectivity index (χ1n) is 10.4. The molecule has 3 amide bonds. The number of nitrogens with one attached hydrogen (secondary N) is 1. The third kappa shape index (κ3) is 6.50. The highest BCUT2D eigenvalue weighted by Gasteiger charge is 2.36. The third-order valence-corrected chi connectivity index (χ3v) is 6.07. The molecule has 1 fully saturated rings. The number of anilines is 1. The molecule has 0 radical (unpaired) electrons. The van der Waals surface area contributed by atoms with Gasteiger partial charge in [-0.2, -0.15) is 0 Å². The Labute approximate surface area is 216 Å².